The van der Waals surface area contributed by atoms with Crippen molar-refractivity contribution in [3.8, 4) is 22.7 Å². The van der Waals surface area contributed by atoms with Crippen LogP contribution >= 0.6 is 0 Å². The molecule has 1 N–H and O–H groups in total. The zero-order valence-corrected chi connectivity index (χ0v) is 15.0. The zero-order chi connectivity index (χ0) is 19.1. The highest BCUT2D eigenvalue weighted by molar-refractivity contribution is 5.78. The molecule has 3 aromatic carbocycles. The molecule has 0 aliphatic rings. The Morgan fingerprint density at radius 3 is 2.11 bits per heavy atom. The van der Waals surface area contributed by atoms with E-state index >= 15 is 0 Å². The fourth-order valence-electron chi connectivity index (χ4n) is 3.70. The fourth-order valence-corrected chi connectivity index (χ4v) is 3.70. The standard InChI is InChI=1S/C24H16N2O2/c27-23-22(18-10-3-1-4-11-18)24(28)26-20-14-8-7-9-17(20)15-16-21(26)25(23)19-12-5-2-6-13-19/h1-16H/p+1. The van der Waals surface area contributed by atoms with E-state index in [1.807, 2.05) is 97.1 Å². The minimum Gasteiger partial charge on any atom is -0.477 e. The fraction of sp³-hybridized carbons (Fsp3) is 0. The Morgan fingerprint density at radius 1 is 0.714 bits per heavy atom. The van der Waals surface area contributed by atoms with Gasteiger partial charge >= 0.3 is 11.4 Å². The SMILES string of the molecule is O=c1c(-c2ccccc2)c(O)[n+]2c3ccccc3ccc2n1-c1ccccc1. The van der Waals surface area contributed by atoms with Crippen LogP contribution in [-0.4, -0.2) is 9.67 Å². The van der Waals surface area contributed by atoms with Crippen molar-refractivity contribution in [2.45, 2.75) is 0 Å². The quantitative estimate of drug-likeness (QED) is 0.378. The molecular formula is C24H17N2O2+. The van der Waals surface area contributed by atoms with E-state index in [9.17, 15) is 9.90 Å². The van der Waals surface area contributed by atoms with E-state index in [4.69, 9.17) is 0 Å². The number of benzene rings is 3. The van der Waals surface area contributed by atoms with E-state index in [0.29, 0.717) is 11.2 Å². The third-order valence-electron chi connectivity index (χ3n) is 4.98. The molecule has 0 aliphatic carbocycles. The molecule has 28 heavy (non-hydrogen) atoms. The Kier molecular flexibility index (Phi) is 3.69. The van der Waals surface area contributed by atoms with Crippen LogP contribution in [0.15, 0.2) is 102 Å². The van der Waals surface area contributed by atoms with Gasteiger partial charge in [-0.05, 0) is 29.8 Å². The first-order chi connectivity index (χ1) is 13.8. The van der Waals surface area contributed by atoms with Gasteiger partial charge in [-0.1, -0.05) is 66.7 Å². The molecule has 4 heteroatoms. The first-order valence-corrected chi connectivity index (χ1v) is 9.08. The number of rotatable bonds is 2. The van der Waals surface area contributed by atoms with Gasteiger partial charge in [0.05, 0.1) is 0 Å². The smallest absolute Gasteiger partial charge is 0.354 e. The Balaban J connectivity index is 2.04. The molecule has 0 spiro atoms. The number of hydrogen-bond donors (Lipinski definition) is 1. The van der Waals surface area contributed by atoms with Crippen LogP contribution < -0.4 is 9.96 Å². The van der Waals surface area contributed by atoms with Gasteiger partial charge in [-0.3, -0.25) is 0 Å². The van der Waals surface area contributed by atoms with Gasteiger partial charge in [0.1, 0.15) is 11.2 Å². The molecule has 0 unspecified atom stereocenters. The van der Waals surface area contributed by atoms with Gasteiger partial charge in [-0.25, -0.2) is 4.79 Å². The van der Waals surface area contributed by atoms with Gasteiger partial charge < -0.3 is 5.11 Å². The summed E-state index contributed by atoms with van der Waals surface area (Å²) in [4.78, 5) is 13.5. The third kappa shape index (κ3) is 2.39. The maximum Gasteiger partial charge on any atom is 0.354 e. The molecule has 5 rings (SSSR count). The topological polar surface area (TPSA) is 46.3 Å². The molecule has 0 bridgehead atoms. The molecule has 2 heterocycles. The maximum absolute atomic E-state index is 13.5. The average molecular weight is 365 g/mol. The lowest BCUT2D eigenvalue weighted by molar-refractivity contribution is -0.496. The molecule has 4 nitrogen and oxygen atoms in total. The molecule has 0 aliphatic heterocycles. The van der Waals surface area contributed by atoms with Gasteiger partial charge in [0.15, 0.2) is 5.56 Å². The second-order valence-electron chi connectivity index (χ2n) is 6.63. The Morgan fingerprint density at radius 2 is 1.36 bits per heavy atom. The average Bonchev–Trinajstić information content (AvgIpc) is 2.75. The van der Waals surface area contributed by atoms with E-state index in [0.717, 1.165) is 16.6 Å². The predicted octanol–water partition coefficient (Wildman–Crippen LogP) is 4.10. The molecular weight excluding hydrogens is 348 g/mol. The van der Waals surface area contributed by atoms with E-state index in [1.54, 1.807) is 8.97 Å². The van der Waals surface area contributed by atoms with Crippen molar-refractivity contribution < 1.29 is 9.51 Å². The highest BCUT2D eigenvalue weighted by Crippen LogP contribution is 2.26. The number of nitrogens with zero attached hydrogens (tertiary/aromatic N) is 2. The summed E-state index contributed by atoms with van der Waals surface area (Å²) >= 11 is 0. The van der Waals surface area contributed by atoms with Crippen LogP contribution in [0.4, 0.5) is 0 Å². The van der Waals surface area contributed by atoms with E-state index in [-0.39, 0.29) is 17.0 Å². The summed E-state index contributed by atoms with van der Waals surface area (Å²) in [5.74, 6) is -0.0600. The molecule has 0 fully saturated rings. The highest BCUT2D eigenvalue weighted by atomic mass is 16.3. The molecule has 2 aromatic heterocycles. The van der Waals surface area contributed by atoms with Crippen LogP contribution in [0.5, 0.6) is 5.88 Å². The van der Waals surface area contributed by atoms with Gasteiger partial charge in [0.25, 0.3) is 5.65 Å². The molecule has 5 aromatic rings. The summed E-state index contributed by atoms with van der Waals surface area (Å²) in [6.45, 7) is 0. The first kappa shape index (κ1) is 16.3. The normalized spacial score (nSPS) is 11.1. The van der Waals surface area contributed by atoms with Gasteiger partial charge in [-0.15, -0.1) is 0 Å². The first-order valence-electron chi connectivity index (χ1n) is 9.08. The molecule has 0 saturated heterocycles. The van der Waals surface area contributed by atoms with Crippen molar-refractivity contribution >= 4 is 16.6 Å². The number of aromatic nitrogens is 2. The molecule has 0 atom stereocenters. The van der Waals surface area contributed by atoms with Crippen LogP contribution in [0.3, 0.4) is 0 Å². The maximum atomic E-state index is 13.5. The van der Waals surface area contributed by atoms with E-state index in [1.165, 1.54) is 0 Å². The summed E-state index contributed by atoms with van der Waals surface area (Å²) < 4.78 is 3.39. The largest absolute Gasteiger partial charge is 0.477 e. The molecule has 0 radical (unpaired) electrons. The highest BCUT2D eigenvalue weighted by Gasteiger charge is 2.27. The van der Waals surface area contributed by atoms with E-state index < -0.39 is 0 Å². The Labute approximate surface area is 161 Å². The van der Waals surface area contributed by atoms with Crippen molar-refractivity contribution in [3.63, 3.8) is 0 Å². The number of pyridine rings is 1. The third-order valence-corrected chi connectivity index (χ3v) is 4.98. The Hall–Kier alpha value is -3.92. The lowest BCUT2D eigenvalue weighted by atomic mass is 10.1. The van der Waals surface area contributed by atoms with Crippen molar-refractivity contribution in [2.75, 3.05) is 0 Å². The van der Waals surface area contributed by atoms with Crippen molar-refractivity contribution in [2.24, 2.45) is 0 Å². The summed E-state index contributed by atoms with van der Waals surface area (Å²) in [7, 11) is 0. The monoisotopic (exact) mass is 365 g/mol. The predicted molar refractivity (Wildman–Crippen MR) is 110 cm³/mol. The summed E-state index contributed by atoms with van der Waals surface area (Å²) in [5, 5.41) is 12.2. The van der Waals surface area contributed by atoms with Crippen LogP contribution in [0, 0.1) is 0 Å². The lowest BCUT2D eigenvalue weighted by Gasteiger charge is -2.10. The minimum atomic E-state index is -0.259. The second kappa shape index (κ2) is 6.35. The minimum absolute atomic E-state index is 0.0600. The summed E-state index contributed by atoms with van der Waals surface area (Å²) in [6.07, 6.45) is 0. The van der Waals surface area contributed by atoms with E-state index in [2.05, 4.69) is 0 Å². The number of aromatic hydroxyl groups is 1. The van der Waals surface area contributed by atoms with Crippen molar-refractivity contribution in [1.82, 2.24) is 4.57 Å². The van der Waals surface area contributed by atoms with Crippen LogP contribution in [-0.2, 0) is 0 Å². The van der Waals surface area contributed by atoms with Crippen LogP contribution in [0.25, 0.3) is 33.4 Å². The van der Waals surface area contributed by atoms with Gasteiger partial charge in [0, 0.05) is 11.5 Å². The zero-order valence-electron chi connectivity index (χ0n) is 15.0. The number of fused-ring (bicyclic) bond motifs is 3. The Bertz CT molecular complexity index is 1370. The lowest BCUT2D eigenvalue weighted by Crippen LogP contribution is -2.35. The summed E-state index contributed by atoms with van der Waals surface area (Å²) in [5.41, 5.74) is 2.88. The second-order valence-corrected chi connectivity index (χ2v) is 6.63. The number of para-hydroxylation sites is 2. The van der Waals surface area contributed by atoms with Crippen molar-refractivity contribution in [3.05, 3.63) is 107 Å². The van der Waals surface area contributed by atoms with Gasteiger partial charge in [-0.2, -0.15) is 8.97 Å². The van der Waals surface area contributed by atoms with Gasteiger partial charge in [0.2, 0.25) is 0 Å². The molecule has 0 amide bonds. The molecule has 0 saturated carbocycles. The number of hydrogen-bond acceptors (Lipinski definition) is 2. The van der Waals surface area contributed by atoms with Crippen LogP contribution in [0.2, 0.25) is 0 Å². The van der Waals surface area contributed by atoms with Crippen LogP contribution in [0.1, 0.15) is 0 Å². The van der Waals surface area contributed by atoms with Crippen molar-refractivity contribution in [1.29, 1.82) is 0 Å². The summed E-state index contributed by atoms with van der Waals surface area (Å²) in [6, 6.07) is 30.4. The molecule has 134 valence electrons.